The van der Waals surface area contributed by atoms with Crippen LogP contribution < -0.4 is 21.5 Å². The molecule has 2 atom stereocenters. The summed E-state index contributed by atoms with van der Waals surface area (Å²) in [7, 11) is 0. The summed E-state index contributed by atoms with van der Waals surface area (Å²) in [6, 6.07) is 0.169. The molecule has 3 aliphatic rings. The van der Waals surface area contributed by atoms with Crippen molar-refractivity contribution in [3.05, 3.63) is 21.6 Å². The molecule has 0 bridgehead atoms. The van der Waals surface area contributed by atoms with Gasteiger partial charge in [0.15, 0.2) is 6.23 Å². The summed E-state index contributed by atoms with van der Waals surface area (Å²) in [6.07, 6.45) is 9.28. The number of rotatable bonds is 6. The number of anilines is 1. The van der Waals surface area contributed by atoms with E-state index < -0.39 is 0 Å². The maximum Gasteiger partial charge on any atom is 0.407 e. The summed E-state index contributed by atoms with van der Waals surface area (Å²) in [5.41, 5.74) is 5.88. The number of nitrogens with two attached hydrogens (primary N) is 1. The van der Waals surface area contributed by atoms with Crippen molar-refractivity contribution in [1.29, 1.82) is 0 Å². The molecule has 0 aromatic carbocycles. The zero-order valence-electron chi connectivity index (χ0n) is 18.5. The van der Waals surface area contributed by atoms with Crippen LogP contribution in [0.3, 0.4) is 0 Å². The average molecular weight is 468 g/mol. The molecule has 1 aromatic rings. The molecule has 2 aliphatic heterocycles. The summed E-state index contributed by atoms with van der Waals surface area (Å²) in [4.78, 5) is 27.1. The molecule has 10 heteroatoms. The fraction of sp³-hybridized carbons (Fsp3) is 0.773. The lowest BCUT2D eigenvalue weighted by Crippen LogP contribution is -2.40. The standard InChI is InChI=1S/C22H34ClN5O4/c23-20-18(13-25-28(21(20)29)19-3-1-2-12-31-19)27-11-9-17(14-27)32-22(30)26-16-6-4-15(5-7-16)8-10-24/h13,15-17,19H,1-12,14,24H2,(H,26,30)/t15?,16?,17-,19?/m1/s1. The topological polar surface area (TPSA) is 112 Å². The number of hydrogen-bond acceptors (Lipinski definition) is 7. The number of amides is 1. The molecule has 0 spiro atoms. The van der Waals surface area contributed by atoms with E-state index in [1.807, 2.05) is 4.90 Å². The lowest BCUT2D eigenvalue weighted by molar-refractivity contribution is -0.0424. The van der Waals surface area contributed by atoms with Gasteiger partial charge in [-0.05, 0) is 63.8 Å². The second kappa shape index (κ2) is 10.9. The van der Waals surface area contributed by atoms with Crippen molar-refractivity contribution < 1.29 is 14.3 Å². The van der Waals surface area contributed by atoms with Crippen LogP contribution in [-0.4, -0.2) is 54.3 Å². The number of halogens is 1. The lowest BCUT2D eigenvalue weighted by Gasteiger charge is -2.29. The van der Waals surface area contributed by atoms with Gasteiger partial charge in [-0.25, -0.2) is 4.79 Å². The van der Waals surface area contributed by atoms with E-state index in [1.165, 1.54) is 4.68 Å². The molecule has 4 rings (SSSR count). The second-order valence-corrected chi connectivity index (χ2v) is 9.49. The molecular formula is C22H34ClN5O4. The number of carbonyl (C=O) groups excluding carboxylic acids is 1. The SMILES string of the molecule is NCCC1CCC(NC(=O)O[C@@H]2CCN(c3cnn(C4CCCCO4)c(=O)c3Cl)C2)CC1. The molecule has 0 radical (unpaired) electrons. The smallest absolute Gasteiger partial charge is 0.407 e. The van der Waals surface area contributed by atoms with Crippen LogP contribution in [0.25, 0.3) is 0 Å². The third-order valence-electron chi connectivity index (χ3n) is 6.86. The molecule has 3 fully saturated rings. The fourth-order valence-electron chi connectivity index (χ4n) is 5.00. The largest absolute Gasteiger partial charge is 0.444 e. The van der Waals surface area contributed by atoms with Crippen molar-refractivity contribution in [2.24, 2.45) is 11.7 Å². The minimum Gasteiger partial charge on any atom is -0.444 e. The number of ether oxygens (including phenoxy) is 2. The van der Waals surface area contributed by atoms with E-state index in [2.05, 4.69) is 10.4 Å². The minimum absolute atomic E-state index is 0.133. The molecule has 3 N–H and O–H groups in total. The molecule has 1 unspecified atom stereocenters. The summed E-state index contributed by atoms with van der Waals surface area (Å²) in [5, 5.41) is 7.46. The summed E-state index contributed by atoms with van der Waals surface area (Å²) < 4.78 is 12.7. The normalized spacial score (nSPS) is 28.5. The highest BCUT2D eigenvalue weighted by Gasteiger charge is 2.30. The molecule has 3 heterocycles. The first-order valence-corrected chi connectivity index (χ1v) is 12.2. The summed E-state index contributed by atoms with van der Waals surface area (Å²) >= 11 is 6.42. The zero-order chi connectivity index (χ0) is 22.5. The van der Waals surface area contributed by atoms with E-state index in [9.17, 15) is 9.59 Å². The van der Waals surface area contributed by atoms with E-state index in [-0.39, 0.29) is 35.0 Å². The minimum atomic E-state index is -0.367. The van der Waals surface area contributed by atoms with Crippen molar-refractivity contribution in [1.82, 2.24) is 15.1 Å². The van der Waals surface area contributed by atoms with Crippen LogP contribution in [0.1, 0.15) is 64.0 Å². The quantitative estimate of drug-likeness (QED) is 0.661. The number of nitrogens with zero attached hydrogens (tertiary/aromatic N) is 3. The predicted octanol–water partition coefficient (Wildman–Crippen LogP) is 2.81. The lowest BCUT2D eigenvalue weighted by atomic mass is 9.84. The van der Waals surface area contributed by atoms with Crippen molar-refractivity contribution >= 4 is 23.4 Å². The van der Waals surface area contributed by atoms with Crippen LogP contribution in [0.4, 0.5) is 10.5 Å². The summed E-state index contributed by atoms with van der Waals surface area (Å²) in [6.45, 7) is 2.49. The Labute approximate surface area is 193 Å². The predicted molar refractivity (Wildman–Crippen MR) is 122 cm³/mol. The van der Waals surface area contributed by atoms with Crippen LogP contribution in [0.5, 0.6) is 0 Å². The van der Waals surface area contributed by atoms with Crippen molar-refractivity contribution in [2.45, 2.75) is 76.2 Å². The third-order valence-corrected chi connectivity index (χ3v) is 7.21. The van der Waals surface area contributed by atoms with Gasteiger partial charge >= 0.3 is 6.09 Å². The Morgan fingerprint density at radius 1 is 1.25 bits per heavy atom. The highest BCUT2D eigenvalue weighted by Crippen LogP contribution is 2.29. The van der Waals surface area contributed by atoms with E-state index in [4.69, 9.17) is 26.8 Å². The molecule has 32 heavy (non-hydrogen) atoms. The first-order chi connectivity index (χ1) is 15.5. The third kappa shape index (κ3) is 5.55. The number of aromatic nitrogens is 2. The Balaban J connectivity index is 1.28. The van der Waals surface area contributed by atoms with E-state index >= 15 is 0 Å². The first-order valence-electron chi connectivity index (χ1n) is 11.9. The summed E-state index contributed by atoms with van der Waals surface area (Å²) in [5.74, 6) is 0.677. The van der Waals surface area contributed by atoms with E-state index in [0.29, 0.717) is 37.7 Å². The van der Waals surface area contributed by atoms with Crippen LogP contribution in [-0.2, 0) is 9.47 Å². The molecule has 1 aliphatic carbocycles. The zero-order valence-corrected chi connectivity index (χ0v) is 19.3. The van der Waals surface area contributed by atoms with Gasteiger partial charge in [0, 0.05) is 25.6 Å². The molecule has 178 valence electrons. The Hall–Kier alpha value is -1.84. The van der Waals surface area contributed by atoms with E-state index in [1.54, 1.807) is 6.20 Å². The van der Waals surface area contributed by atoms with E-state index in [0.717, 1.165) is 57.9 Å². The highest BCUT2D eigenvalue weighted by molar-refractivity contribution is 6.33. The maximum atomic E-state index is 12.7. The van der Waals surface area contributed by atoms with Crippen molar-refractivity contribution in [2.75, 3.05) is 31.1 Å². The number of hydrogen-bond donors (Lipinski definition) is 2. The molecule has 2 saturated heterocycles. The fourth-order valence-corrected chi connectivity index (χ4v) is 5.26. The number of alkyl carbamates (subject to hydrolysis) is 1. The van der Waals surface area contributed by atoms with Crippen LogP contribution >= 0.6 is 11.6 Å². The number of carbonyl (C=O) groups is 1. The van der Waals surface area contributed by atoms with Crippen LogP contribution in [0.15, 0.2) is 11.0 Å². The van der Waals surface area contributed by atoms with Gasteiger partial charge in [0.05, 0.1) is 18.4 Å². The highest BCUT2D eigenvalue weighted by atomic mass is 35.5. The van der Waals surface area contributed by atoms with Gasteiger partial charge in [0.2, 0.25) is 0 Å². The van der Waals surface area contributed by atoms with Gasteiger partial charge in [0.1, 0.15) is 11.1 Å². The first kappa shape index (κ1) is 23.3. The molecule has 1 saturated carbocycles. The number of nitrogens with one attached hydrogen (secondary N) is 1. The molecule has 9 nitrogen and oxygen atoms in total. The Morgan fingerprint density at radius 3 is 2.78 bits per heavy atom. The van der Waals surface area contributed by atoms with Crippen molar-refractivity contribution in [3.63, 3.8) is 0 Å². The Morgan fingerprint density at radius 2 is 2.06 bits per heavy atom. The Kier molecular flexibility index (Phi) is 7.91. The van der Waals surface area contributed by atoms with Gasteiger partial charge < -0.3 is 25.4 Å². The van der Waals surface area contributed by atoms with Crippen LogP contribution in [0, 0.1) is 5.92 Å². The molecular weight excluding hydrogens is 434 g/mol. The van der Waals surface area contributed by atoms with Gasteiger partial charge in [0.25, 0.3) is 5.56 Å². The average Bonchev–Trinajstić information content (AvgIpc) is 3.25. The van der Waals surface area contributed by atoms with Crippen LogP contribution in [0.2, 0.25) is 5.02 Å². The maximum absolute atomic E-state index is 12.7. The Bertz CT molecular complexity index is 836. The molecule has 1 amide bonds. The monoisotopic (exact) mass is 467 g/mol. The second-order valence-electron chi connectivity index (χ2n) is 9.12. The van der Waals surface area contributed by atoms with Gasteiger partial charge in [-0.1, -0.05) is 11.6 Å². The van der Waals surface area contributed by atoms with Crippen molar-refractivity contribution in [3.8, 4) is 0 Å². The van der Waals surface area contributed by atoms with Gasteiger partial charge in [-0.15, -0.1) is 0 Å². The van der Waals surface area contributed by atoms with Gasteiger partial charge in [-0.3, -0.25) is 4.79 Å². The molecule has 1 aromatic heterocycles. The van der Waals surface area contributed by atoms with Gasteiger partial charge in [-0.2, -0.15) is 9.78 Å².